The highest BCUT2D eigenvalue weighted by atomic mass is 31.2. The molecule has 0 N–H and O–H groups in total. The van der Waals surface area contributed by atoms with Crippen LogP contribution < -0.4 is 0 Å². The van der Waals surface area contributed by atoms with E-state index in [0.717, 1.165) is 48.2 Å². The highest BCUT2D eigenvalue weighted by Gasteiger charge is 2.67. The number of fused-ring (bicyclic) bond motifs is 1. The van der Waals surface area contributed by atoms with Gasteiger partial charge in [0.1, 0.15) is 12.2 Å². The van der Waals surface area contributed by atoms with Crippen LogP contribution in [0.1, 0.15) is 55.4 Å². The Bertz CT molecular complexity index is 1280. The van der Waals surface area contributed by atoms with E-state index < -0.39 is 37.7 Å². The van der Waals surface area contributed by atoms with Crippen LogP contribution in [0.25, 0.3) is 0 Å². The topological polar surface area (TPSA) is 40.2 Å². The largest absolute Gasteiger partial charge is 0.341 e. The maximum absolute atomic E-state index is 7.58. The van der Waals surface area contributed by atoms with E-state index in [2.05, 4.69) is 126 Å². The van der Waals surface area contributed by atoms with Crippen LogP contribution in [0, 0.1) is 0 Å². The quantitative estimate of drug-likeness (QED) is 0.223. The van der Waals surface area contributed by atoms with Gasteiger partial charge in [-0.2, -0.15) is 0 Å². The molecule has 7 rings (SSSR count). The molecule has 0 aliphatic carbocycles. The summed E-state index contributed by atoms with van der Waals surface area (Å²) in [6.07, 6.45) is 2.39. The summed E-state index contributed by atoms with van der Waals surface area (Å²) in [6.45, 7) is 5.84. The van der Waals surface area contributed by atoms with Crippen molar-refractivity contribution < 1.29 is 18.5 Å². The van der Waals surface area contributed by atoms with Gasteiger partial charge in [0.05, 0.1) is 0 Å². The van der Waals surface area contributed by atoms with Gasteiger partial charge in [0, 0.05) is 13.1 Å². The minimum absolute atomic E-state index is 0.532. The van der Waals surface area contributed by atoms with Gasteiger partial charge in [0.2, 0.25) is 0 Å². The molecule has 0 aromatic heterocycles. The van der Waals surface area contributed by atoms with Gasteiger partial charge in [-0.05, 0) is 48.9 Å². The third kappa shape index (κ3) is 4.73. The molecule has 0 radical (unpaired) electrons. The summed E-state index contributed by atoms with van der Waals surface area (Å²) in [4.78, 5) is 0. The molecule has 3 heterocycles. The standard InChI is InChI=1S/C36H38NO4P/c1-34(2)38-32-33(39-34)36(30-22-12-5-13-23-30,31-24-14-6-15-25-31)41-42(37-26-16-7-17-27-37)40-35(32,28-18-8-3-9-19-28)29-20-10-4-11-21-29/h3-6,8-15,18-25,32-33H,7,16-17,26-27H2,1-2H3/t32-,33-/m1/s1. The molecule has 3 saturated heterocycles. The molecule has 0 bridgehead atoms. The second-order valence-electron chi connectivity index (χ2n) is 11.8. The Morgan fingerprint density at radius 2 is 0.857 bits per heavy atom. The lowest BCUT2D eigenvalue weighted by atomic mass is 9.72. The van der Waals surface area contributed by atoms with Crippen LogP contribution in [0.2, 0.25) is 0 Å². The molecule has 4 aromatic carbocycles. The highest BCUT2D eigenvalue weighted by molar-refractivity contribution is 7.44. The van der Waals surface area contributed by atoms with E-state index in [-0.39, 0.29) is 0 Å². The van der Waals surface area contributed by atoms with Crippen LogP contribution in [0.5, 0.6) is 0 Å². The maximum Gasteiger partial charge on any atom is 0.261 e. The number of rotatable bonds is 5. The number of ether oxygens (including phenoxy) is 2. The zero-order valence-electron chi connectivity index (χ0n) is 24.3. The normalized spacial score (nSPS) is 25.4. The fourth-order valence-electron chi connectivity index (χ4n) is 6.82. The smallest absolute Gasteiger partial charge is 0.261 e. The van der Waals surface area contributed by atoms with Crippen molar-refractivity contribution in [2.75, 3.05) is 13.1 Å². The number of nitrogens with zero attached hydrogens (tertiary/aromatic N) is 1. The zero-order chi connectivity index (χ0) is 28.6. The lowest BCUT2D eigenvalue weighted by Gasteiger charge is -2.42. The Hall–Kier alpha value is -2.89. The van der Waals surface area contributed by atoms with Crippen molar-refractivity contribution in [3.63, 3.8) is 0 Å². The van der Waals surface area contributed by atoms with Gasteiger partial charge in [-0.3, -0.25) is 0 Å². The van der Waals surface area contributed by atoms with Crippen LogP contribution in [0.4, 0.5) is 0 Å². The molecule has 4 aromatic rings. The fourth-order valence-corrected chi connectivity index (χ4v) is 8.82. The molecular weight excluding hydrogens is 541 g/mol. The third-order valence-electron chi connectivity index (χ3n) is 8.72. The molecule has 0 saturated carbocycles. The zero-order valence-corrected chi connectivity index (χ0v) is 25.2. The Kier molecular flexibility index (Phi) is 7.52. The van der Waals surface area contributed by atoms with Crippen molar-refractivity contribution in [3.05, 3.63) is 144 Å². The first-order valence-electron chi connectivity index (χ1n) is 15.0. The molecule has 3 fully saturated rings. The number of hydrogen-bond acceptors (Lipinski definition) is 5. The SMILES string of the molecule is CC1(C)O[C@@H]2[C@@H](O1)C(c1ccccc1)(c1ccccc1)OP(N1CCCCC1)OC2(c1ccccc1)c1ccccc1. The van der Waals surface area contributed by atoms with Crippen LogP contribution >= 0.6 is 8.53 Å². The Morgan fingerprint density at radius 1 is 0.524 bits per heavy atom. The van der Waals surface area contributed by atoms with Gasteiger partial charge >= 0.3 is 0 Å². The molecule has 5 nitrogen and oxygen atoms in total. The van der Waals surface area contributed by atoms with Crippen molar-refractivity contribution >= 4 is 8.53 Å². The molecule has 0 spiro atoms. The second kappa shape index (κ2) is 11.3. The van der Waals surface area contributed by atoms with E-state index in [0.29, 0.717) is 0 Å². The molecule has 2 atom stereocenters. The van der Waals surface area contributed by atoms with E-state index in [9.17, 15) is 0 Å². The first kappa shape index (κ1) is 27.9. The summed E-state index contributed by atoms with van der Waals surface area (Å²) < 4.78 is 31.7. The van der Waals surface area contributed by atoms with Crippen LogP contribution in [-0.4, -0.2) is 35.8 Å². The Labute approximate surface area is 250 Å². The summed E-state index contributed by atoms with van der Waals surface area (Å²) in [5, 5.41) is 0. The summed E-state index contributed by atoms with van der Waals surface area (Å²) in [6, 6.07) is 42.1. The number of piperidine rings is 1. The van der Waals surface area contributed by atoms with Crippen molar-refractivity contribution in [1.29, 1.82) is 0 Å². The molecule has 3 aliphatic rings. The van der Waals surface area contributed by atoms with Gasteiger partial charge in [0.25, 0.3) is 8.53 Å². The fraction of sp³-hybridized carbons (Fsp3) is 0.333. The van der Waals surface area contributed by atoms with E-state index >= 15 is 0 Å². The highest BCUT2D eigenvalue weighted by Crippen LogP contribution is 2.65. The van der Waals surface area contributed by atoms with Crippen molar-refractivity contribution in [2.45, 2.75) is 62.3 Å². The van der Waals surface area contributed by atoms with Gasteiger partial charge in [-0.1, -0.05) is 128 Å². The summed E-state index contributed by atoms with van der Waals surface area (Å²) in [5.74, 6) is -0.878. The van der Waals surface area contributed by atoms with Crippen molar-refractivity contribution in [1.82, 2.24) is 4.67 Å². The summed E-state index contributed by atoms with van der Waals surface area (Å²) in [5.41, 5.74) is 2.12. The van der Waals surface area contributed by atoms with Crippen LogP contribution in [-0.2, 0) is 29.7 Å². The lowest BCUT2D eigenvalue weighted by molar-refractivity contribution is -0.175. The van der Waals surface area contributed by atoms with Crippen LogP contribution in [0.3, 0.4) is 0 Å². The predicted molar refractivity (Wildman–Crippen MR) is 166 cm³/mol. The molecule has 3 aliphatic heterocycles. The predicted octanol–water partition coefficient (Wildman–Crippen LogP) is 8.15. The van der Waals surface area contributed by atoms with Crippen molar-refractivity contribution in [2.24, 2.45) is 0 Å². The Morgan fingerprint density at radius 3 is 1.19 bits per heavy atom. The maximum atomic E-state index is 7.58. The van der Waals surface area contributed by atoms with E-state index in [1.54, 1.807) is 0 Å². The first-order chi connectivity index (χ1) is 20.5. The molecular formula is C36H38NO4P. The monoisotopic (exact) mass is 579 g/mol. The first-order valence-corrected chi connectivity index (χ1v) is 16.2. The molecule has 42 heavy (non-hydrogen) atoms. The molecule has 6 heteroatoms. The van der Waals surface area contributed by atoms with E-state index in [1.807, 2.05) is 13.8 Å². The average molecular weight is 580 g/mol. The van der Waals surface area contributed by atoms with E-state index in [4.69, 9.17) is 18.5 Å². The summed E-state index contributed by atoms with van der Waals surface area (Å²) in [7, 11) is -1.57. The van der Waals surface area contributed by atoms with Gasteiger partial charge in [-0.15, -0.1) is 0 Å². The lowest BCUT2D eigenvalue weighted by Crippen LogP contribution is -2.53. The second-order valence-corrected chi connectivity index (χ2v) is 13.3. The average Bonchev–Trinajstić information content (AvgIpc) is 3.33. The molecule has 0 amide bonds. The minimum Gasteiger partial charge on any atom is -0.341 e. The van der Waals surface area contributed by atoms with Gasteiger partial charge in [0.15, 0.2) is 17.0 Å². The van der Waals surface area contributed by atoms with E-state index in [1.165, 1.54) is 6.42 Å². The minimum atomic E-state index is -1.57. The van der Waals surface area contributed by atoms with Crippen molar-refractivity contribution in [3.8, 4) is 0 Å². The molecule has 216 valence electrons. The third-order valence-corrected chi connectivity index (χ3v) is 10.5. The molecule has 0 unspecified atom stereocenters. The van der Waals surface area contributed by atoms with Gasteiger partial charge < -0.3 is 18.5 Å². The Balaban J connectivity index is 1.55. The number of benzene rings is 4. The summed E-state index contributed by atoms with van der Waals surface area (Å²) >= 11 is 0. The number of hydrogen-bond donors (Lipinski definition) is 0. The van der Waals surface area contributed by atoms with Crippen LogP contribution in [0.15, 0.2) is 121 Å². The van der Waals surface area contributed by atoms with Gasteiger partial charge in [-0.25, -0.2) is 4.67 Å².